The minimum absolute atomic E-state index is 0.201. The Morgan fingerprint density at radius 2 is 2.25 bits per heavy atom. The van der Waals surface area contributed by atoms with E-state index in [2.05, 4.69) is 20.9 Å². The van der Waals surface area contributed by atoms with Gasteiger partial charge in [-0.05, 0) is 0 Å². The van der Waals surface area contributed by atoms with Crippen molar-refractivity contribution in [2.24, 2.45) is 0 Å². The van der Waals surface area contributed by atoms with Crippen LogP contribution in [0, 0.1) is 12.3 Å². The highest BCUT2D eigenvalue weighted by Crippen LogP contribution is 2.35. The monoisotopic (exact) mass is 333 g/mol. The van der Waals surface area contributed by atoms with E-state index >= 15 is 0 Å². The van der Waals surface area contributed by atoms with E-state index in [-0.39, 0.29) is 12.4 Å². The molecule has 0 spiro atoms. The zero-order valence-electron chi connectivity index (χ0n) is 13.2. The fourth-order valence-corrected chi connectivity index (χ4v) is 2.85. The molecule has 4 unspecified atom stereocenters. The van der Waals surface area contributed by atoms with Gasteiger partial charge in [0.15, 0.2) is 17.7 Å². The summed E-state index contributed by atoms with van der Waals surface area (Å²) in [4.78, 5) is 12.4. The van der Waals surface area contributed by atoms with Crippen LogP contribution >= 0.6 is 0 Å². The third-order valence-corrected chi connectivity index (χ3v) is 3.96. The first-order chi connectivity index (χ1) is 11.7. The number of aromatic nitrogens is 4. The van der Waals surface area contributed by atoms with Gasteiger partial charge in [0.25, 0.3) is 0 Å². The maximum Gasteiger partial charge on any atom is 0.167 e. The number of anilines is 1. The fourth-order valence-electron chi connectivity index (χ4n) is 2.85. The highest BCUT2D eigenvalue weighted by atomic mass is 16.6. The molecule has 0 amide bonds. The lowest BCUT2D eigenvalue weighted by Gasteiger charge is -2.23. The number of nitrogen functional groups attached to an aromatic ring is 1. The van der Waals surface area contributed by atoms with Crippen molar-refractivity contribution in [2.45, 2.75) is 31.0 Å². The van der Waals surface area contributed by atoms with Gasteiger partial charge >= 0.3 is 0 Å². The molecule has 1 aliphatic rings. The second-order valence-electron chi connectivity index (χ2n) is 5.32. The Labute approximate surface area is 138 Å². The van der Waals surface area contributed by atoms with Crippen LogP contribution < -0.4 is 5.73 Å². The lowest BCUT2D eigenvalue weighted by Crippen LogP contribution is -2.37. The quantitative estimate of drug-likeness (QED) is 0.547. The first kappa shape index (κ1) is 16.6. The average Bonchev–Trinajstić information content (AvgIpc) is 3.16. The van der Waals surface area contributed by atoms with Crippen LogP contribution in [0.2, 0.25) is 0 Å². The second kappa shape index (κ2) is 7.11. The largest absolute Gasteiger partial charge is 0.394 e. The molecule has 0 bridgehead atoms. The van der Waals surface area contributed by atoms with Gasteiger partial charge in [-0.3, -0.25) is 4.57 Å². The van der Waals surface area contributed by atoms with Crippen molar-refractivity contribution >= 4 is 17.0 Å². The summed E-state index contributed by atoms with van der Waals surface area (Å²) in [6.45, 7) is 0.149. The summed E-state index contributed by atoms with van der Waals surface area (Å²) in [5.74, 6) is 2.81. The number of fused-ring (bicyclic) bond motifs is 1. The Kier molecular flexibility index (Phi) is 4.92. The van der Waals surface area contributed by atoms with Gasteiger partial charge in [-0.25, -0.2) is 15.0 Å². The molecule has 1 fully saturated rings. The standard InChI is InChI=1S/C15H19N5O4/c1-3-4-5-23-12-11(22-2)9(6-21)24-15(12)20-8-19-10-13(16)17-7-18-14(10)20/h1,7-9,11-12,15,21H,4-6H2,2H3,(H2,16,17,18). The summed E-state index contributed by atoms with van der Waals surface area (Å²) in [6, 6.07) is 0. The summed E-state index contributed by atoms with van der Waals surface area (Å²) >= 11 is 0. The van der Waals surface area contributed by atoms with E-state index in [1.165, 1.54) is 6.33 Å². The molecule has 128 valence electrons. The molecule has 9 heteroatoms. The molecule has 24 heavy (non-hydrogen) atoms. The van der Waals surface area contributed by atoms with Crippen molar-refractivity contribution in [3.63, 3.8) is 0 Å². The third-order valence-electron chi connectivity index (χ3n) is 3.96. The van der Waals surface area contributed by atoms with E-state index in [9.17, 15) is 5.11 Å². The zero-order valence-corrected chi connectivity index (χ0v) is 13.2. The number of rotatable bonds is 6. The topological polar surface area (TPSA) is 118 Å². The number of hydrogen-bond donors (Lipinski definition) is 2. The predicted molar refractivity (Wildman–Crippen MR) is 84.7 cm³/mol. The maximum atomic E-state index is 9.57. The van der Waals surface area contributed by atoms with E-state index in [1.807, 2.05) is 0 Å². The molecule has 3 heterocycles. The molecule has 9 nitrogen and oxygen atoms in total. The Balaban J connectivity index is 1.96. The lowest BCUT2D eigenvalue weighted by atomic mass is 10.1. The SMILES string of the molecule is C#CCCOC1C(OC)C(CO)OC1n1cnc2c(N)ncnc21. The van der Waals surface area contributed by atoms with Gasteiger partial charge in [-0.2, -0.15) is 0 Å². The van der Waals surface area contributed by atoms with Crippen molar-refractivity contribution in [3.8, 4) is 12.3 Å². The van der Waals surface area contributed by atoms with Crippen LogP contribution in [-0.2, 0) is 14.2 Å². The predicted octanol–water partition coefficient (Wildman–Crippen LogP) is -0.278. The van der Waals surface area contributed by atoms with E-state index < -0.39 is 24.5 Å². The summed E-state index contributed by atoms with van der Waals surface area (Å²) in [6.07, 6.45) is 6.61. The van der Waals surface area contributed by atoms with Crippen LogP contribution in [0.5, 0.6) is 0 Å². The van der Waals surface area contributed by atoms with E-state index in [4.69, 9.17) is 26.4 Å². The molecule has 1 aliphatic heterocycles. The van der Waals surface area contributed by atoms with Crippen molar-refractivity contribution in [3.05, 3.63) is 12.7 Å². The Hall–Kier alpha value is -2.25. The number of aliphatic hydroxyl groups excluding tert-OH is 1. The average molecular weight is 333 g/mol. The molecule has 0 radical (unpaired) electrons. The molecule has 3 N–H and O–H groups in total. The fraction of sp³-hybridized carbons (Fsp3) is 0.533. The zero-order chi connectivity index (χ0) is 17.1. The Morgan fingerprint density at radius 1 is 1.42 bits per heavy atom. The summed E-state index contributed by atoms with van der Waals surface area (Å²) < 4.78 is 19.0. The molecular weight excluding hydrogens is 314 g/mol. The number of ether oxygens (including phenoxy) is 3. The van der Waals surface area contributed by atoms with Gasteiger partial charge in [0.2, 0.25) is 0 Å². The van der Waals surface area contributed by atoms with Crippen molar-refractivity contribution in [1.29, 1.82) is 0 Å². The van der Waals surface area contributed by atoms with Gasteiger partial charge in [-0.1, -0.05) is 0 Å². The number of hydrogen-bond acceptors (Lipinski definition) is 8. The summed E-state index contributed by atoms with van der Waals surface area (Å²) in [5, 5.41) is 9.57. The maximum absolute atomic E-state index is 9.57. The van der Waals surface area contributed by atoms with Crippen LogP contribution in [0.3, 0.4) is 0 Å². The molecule has 0 aromatic carbocycles. The van der Waals surface area contributed by atoms with Crippen molar-refractivity contribution in [2.75, 3.05) is 26.1 Å². The van der Waals surface area contributed by atoms with Crippen LogP contribution in [0.25, 0.3) is 11.2 Å². The minimum Gasteiger partial charge on any atom is -0.394 e. The molecule has 0 aliphatic carbocycles. The Morgan fingerprint density at radius 3 is 2.96 bits per heavy atom. The van der Waals surface area contributed by atoms with Gasteiger partial charge in [0, 0.05) is 13.5 Å². The van der Waals surface area contributed by atoms with E-state index in [0.29, 0.717) is 24.2 Å². The number of nitrogens with two attached hydrogens (primary N) is 1. The van der Waals surface area contributed by atoms with Crippen LogP contribution in [0.15, 0.2) is 12.7 Å². The van der Waals surface area contributed by atoms with E-state index in [1.54, 1.807) is 18.0 Å². The molecule has 3 rings (SSSR count). The molecule has 2 aromatic heterocycles. The number of terminal acetylenes is 1. The van der Waals surface area contributed by atoms with Crippen molar-refractivity contribution < 1.29 is 19.3 Å². The normalized spacial score (nSPS) is 26.7. The smallest absolute Gasteiger partial charge is 0.167 e. The highest BCUT2D eigenvalue weighted by molar-refractivity contribution is 5.81. The van der Waals surface area contributed by atoms with Crippen LogP contribution in [-0.4, -0.2) is 63.3 Å². The number of methoxy groups -OCH3 is 1. The highest BCUT2D eigenvalue weighted by Gasteiger charge is 2.47. The number of imidazole rings is 1. The molecule has 1 saturated heterocycles. The third kappa shape index (κ3) is 2.81. The Bertz CT molecular complexity index is 743. The van der Waals surface area contributed by atoms with Crippen molar-refractivity contribution in [1.82, 2.24) is 19.5 Å². The van der Waals surface area contributed by atoms with Crippen LogP contribution in [0.1, 0.15) is 12.6 Å². The summed E-state index contributed by atoms with van der Waals surface area (Å²) in [5.41, 5.74) is 6.82. The second-order valence-corrected chi connectivity index (χ2v) is 5.32. The van der Waals surface area contributed by atoms with Gasteiger partial charge in [0.1, 0.15) is 30.2 Å². The van der Waals surface area contributed by atoms with E-state index in [0.717, 1.165) is 0 Å². The number of aliphatic hydroxyl groups is 1. The molecule has 4 atom stereocenters. The van der Waals surface area contributed by atoms with Gasteiger partial charge in [0.05, 0.1) is 19.5 Å². The first-order valence-electron chi connectivity index (χ1n) is 7.48. The van der Waals surface area contributed by atoms with Crippen LogP contribution in [0.4, 0.5) is 5.82 Å². The lowest BCUT2D eigenvalue weighted by molar-refractivity contribution is -0.0710. The van der Waals surface area contributed by atoms with Gasteiger partial charge < -0.3 is 25.1 Å². The number of nitrogens with zero attached hydrogens (tertiary/aromatic N) is 4. The molecular formula is C15H19N5O4. The molecule has 2 aromatic rings. The molecule has 0 saturated carbocycles. The minimum atomic E-state index is -0.579. The summed E-state index contributed by atoms with van der Waals surface area (Å²) in [7, 11) is 1.54. The first-order valence-corrected chi connectivity index (χ1v) is 7.48. The van der Waals surface area contributed by atoms with Gasteiger partial charge in [-0.15, -0.1) is 12.3 Å².